The average Bonchev–Trinajstić information content (AvgIpc) is 2.96. The molecule has 0 saturated heterocycles. The summed E-state index contributed by atoms with van der Waals surface area (Å²) in [6, 6.07) is 22.9. The summed E-state index contributed by atoms with van der Waals surface area (Å²) in [5, 5.41) is 3.45. The third kappa shape index (κ3) is 3.77. The van der Waals surface area contributed by atoms with Crippen LogP contribution < -0.4 is 21.5 Å². The number of aromatic nitrogens is 2. The van der Waals surface area contributed by atoms with Crippen LogP contribution in [0.3, 0.4) is 0 Å². The van der Waals surface area contributed by atoms with Crippen molar-refractivity contribution in [3.05, 3.63) is 94.5 Å². The molecule has 0 atom stereocenters. The van der Waals surface area contributed by atoms with Crippen LogP contribution in [0.2, 0.25) is 10.3 Å². The molecular weight excluding hydrogens is 443 g/mol. The van der Waals surface area contributed by atoms with E-state index in [1.165, 1.54) is 21.9 Å². The molecule has 0 aliphatic carbocycles. The lowest BCUT2D eigenvalue weighted by molar-refractivity contribution is -0.685. The van der Waals surface area contributed by atoms with Crippen LogP contribution in [0.15, 0.2) is 73.1 Å². The van der Waals surface area contributed by atoms with Crippen molar-refractivity contribution in [1.29, 1.82) is 0 Å². The normalized spacial score (nSPS) is 10.8. The van der Waals surface area contributed by atoms with Crippen LogP contribution in [0.5, 0.6) is 0 Å². The highest BCUT2D eigenvalue weighted by molar-refractivity contribution is 6.40. The standard InChI is InChI=1S/C22H19Cl2N2.BrH/c1-2-17-12-13-18-10-6-7-11-19(18)20(17)26-15-25(21(23)22(26)24)14-16-8-4-3-5-9-16;/h3-13,15H,2,14H2,1H3;1H/q+1;/p-1. The van der Waals surface area contributed by atoms with E-state index in [9.17, 15) is 0 Å². The molecule has 1 aromatic heterocycles. The Labute approximate surface area is 179 Å². The van der Waals surface area contributed by atoms with Crippen molar-refractivity contribution in [2.75, 3.05) is 0 Å². The Morgan fingerprint density at radius 1 is 0.889 bits per heavy atom. The van der Waals surface area contributed by atoms with Gasteiger partial charge in [0.1, 0.15) is 12.2 Å². The van der Waals surface area contributed by atoms with Crippen molar-refractivity contribution in [3.63, 3.8) is 0 Å². The Hall–Kier alpha value is -1.81. The van der Waals surface area contributed by atoms with Gasteiger partial charge in [-0.25, -0.2) is 4.57 Å². The van der Waals surface area contributed by atoms with Gasteiger partial charge in [0.05, 0.1) is 0 Å². The predicted octanol–water partition coefficient (Wildman–Crippen LogP) is 2.84. The van der Waals surface area contributed by atoms with E-state index in [0.717, 1.165) is 12.1 Å². The second kappa shape index (κ2) is 8.47. The summed E-state index contributed by atoms with van der Waals surface area (Å²) in [7, 11) is 0. The quantitative estimate of drug-likeness (QED) is 0.413. The number of aryl methyl sites for hydroxylation is 1. The average molecular weight is 462 g/mol. The summed E-state index contributed by atoms with van der Waals surface area (Å²) in [4.78, 5) is 0. The molecule has 27 heavy (non-hydrogen) atoms. The van der Waals surface area contributed by atoms with Gasteiger partial charge >= 0.3 is 0 Å². The lowest BCUT2D eigenvalue weighted by Crippen LogP contribution is -3.00. The highest BCUT2D eigenvalue weighted by Crippen LogP contribution is 2.31. The first-order valence-corrected chi connectivity index (χ1v) is 9.45. The highest BCUT2D eigenvalue weighted by atomic mass is 79.9. The monoisotopic (exact) mass is 460 g/mol. The maximum absolute atomic E-state index is 6.65. The van der Waals surface area contributed by atoms with Crippen molar-refractivity contribution in [2.24, 2.45) is 0 Å². The summed E-state index contributed by atoms with van der Waals surface area (Å²) >= 11 is 13.2. The van der Waals surface area contributed by atoms with Gasteiger partial charge < -0.3 is 17.0 Å². The van der Waals surface area contributed by atoms with Gasteiger partial charge in [0.2, 0.25) is 0 Å². The van der Waals surface area contributed by atoms with Crippen molar-refractivity contribution < 1.29 is 21.5 Å². The molecule has 0 fully saturated rings. The number of imidazole rings is 1. The van der Waals surface area contributed by atoms with E-state index in [-0.39, 0.29) is 17.0 Å². The minimum absolute atomic E-state index is 0. The van der Waals surface area contributed by atoms with E-state index < -0.39 is 0 Å². The first kappa shape index (κ1) is 19.9. The van der Waals surface area contributed by atoms with Crippen LogP contribution in [0.25, 0.3) is 16.5 Å². The molecule has 4 rings (SSSR count). The molecule has 0 unspecified atom stereocenters. The molecule has 1 heterocycles. The van der Waals surface area contributed by atoms with E-state index in [1.54, 1.807) is 0 Å². The van der Waals surface area contributed by atoms with Gasteiger partial charge in [-0.1, -0.05) is 73.7 Å². The number of hydrogen-bond donors (Lipinski definition) is 0. The molecule has 0 spiro atoms. The van der Waals surface area contributed by atoms with E-state index in [1.807, 2.05) is 33.7 Å². The van der Waals surface area contributed by atoms with E-state index in [2.05, 4.69) is 55.5 Å². The van der Waals surface area contributed by atoms with Crippen molar-refractivity contribution in [1.82, 2.24) is 4.57 Å². The van der Waals surface area contributed by atoms with Crippen LogP contribution in [-0.2, 0) is 13.0 Å². The SMILES string of the molecule is CCc1ccc2ccccc2c1-n1c[n+](Cc2ccccc2)c(Cl)c1Cl.[Br-]. The summed E-state index contributed by atoms with van der Waals surface area (Å²) < 4.78 is 3.99. The molecule has 0 amide bonds. The molecular formula is C22H19BrCl2N2. The van der Waals surface area contributed by atoms with Crippen LogP contribution in [0.4, 0.5) is 0 Å². The fraction of sp³-hybridized carbons (Fsp3) is 0.136. The fourth-order valence-corrected chi connectivity index (χ4v) is 3.81. The Morgan fingerprint density at radius 3 is 2.33 bits per heavy atom. The van der Waals surface area contributed by atoms with Gasteiger partial charge in [-0.05, 0) is 46.1 Å². The zero-order valence-corrected chi connectivity index (χ0v) is 18.0. The third-order valence-corrected chi connectivity index (χ3v) is 5.54. The molecule has 3 aromatic carbocycles. The molecule has 0 N–H and O–H groups in total. The Morgan fingerprint density at radius 2 is 1.59 bits per heavy atom. The number of fused-ring (bicyclic) bond motifs is 1. The third-order valence-electron chi connectivity index (χ3n) is 4.69. The smallest absolute Gasteiger partial charge is 0.260 e. The summed E-state index contributed by atoms with van der Waals surface area (Å²) in [6.07, 6.45) is 2.92. The number of halogens is 3. The van der Waals surface area contributed by atoms with E-state index >= 15 is 0 Å². The number of hydrogen-bond acceptors (Lipinski definition) is 0. The van der Waals surface area contributed by atoms with Gasteiger partial charge in [-0.15, -0.1) is 0 Å². The number of rotatable bonds is 4. The molecule has 0 radical (unpaired) electrons. The minimum atomic E-state index is 0. The fourth-order valence-electron chi connectivity index (χ4n) is 3.37. The molecule has 0 saturated carbocycles. The zero-order chi connectivity index (χ0) is 18.1. The van der Waals surface area contributed by atoms with Gasteiger partial charge in [-0.3, -0.25) is 0 Å². The van der Waals surface area contributed by atoms with Crippen LogP contribution >= 0.6 is 23.2 Å². The van der Waals surface area contributed by atoms with E-state index in [4.69, 9.17) is 23.2 Å². The minimum Gasteiger partial charge on any atom is -1.00 e. The lowest BCUT2D eigenvalue weighted by Gasteiger charge is -2.09. The summed E-state index contributed by atoms with van der Waals surface area (Å²) in [6.45, 7) is 2.84. The van der Waals surface area contributed by atoms with Crippen LogP contribution in [0, 0.1) is 0 Å². The van der Waals surface area contributed by atoms with Crippen molar-refractivity contribution >= 4 is 34.0 Å². The first-order valence-electron chi connectivity index (χ1n) is 8.69. The van der Waals surface area contributed by atoms with Crippen molar-refractivity contribution in [3.8, 4) is 5.69 Å². The largest absolute Gasteiger partial charge is 1.00 e. The van der Waals surface area contributed by atoms with Gasteiger partial charge in [0, 0.05) is 5.39 Å². The lowest BCUT2D eigenvalue weighted by atomic mass is 10.0. The molecule has 0 aliphatic heterocycles. The second-order valence-electron chi connectivity index (χ2n) is 6.33. The number of benzene rings is 3. The predicted molar refractivity (Wildman–Crippen MR) is 108 cm³/mol. The Kier molecular flexibility index (Phi) is 6.25. The first-order chi connectivity index (χ1) is 12.7. The van der Waals surface area contributed by atoms with Gasteiger partial charge in [0.15, 0.2) is 0 Å². The second-order valence-corrected chi connectivity index (χ2v) is 7.04. The molecule has 2 nitrogen and oxygen atoms in total. The number of nitrogens with zero attached hydrogens (tertiary/aromatic N) is 2. The maximum atomic E-state index is 6.65. The van der Waals surface area contributed by atoms with Crippen LogP contribution in [0.1, 0.15) is 18.1 Å². The molecule has 0 bridgehead atoms. The Balaban J connectivity index is 0.00000210. The summed E-state index contributed by atoms with van der Waals surface area (Å²) in [5.41, 5.74) is 3.52. The molecule has 0 aliphatic rings. The molecule has 5 heteroatoms. The maximum Gasteiger partial charge on any atom is 0.260 e. The van der Waals surface area contributed by atoms with Crippen LogP contribution in [-0.4, -0.2) is 4.57 Å². The zero-order valence-electron chi connectivity index (χ0n) is 14.9. The molecule has 4 aromatic rings. The Bertz CT molecular complexity index is 1070. The van der Waals surface area contributed by atoms with E-state index in [0.29, 0.717) is 16.9 Å². The topological polar surface area (TPSA) is 8.81 Å². The van der Waals surface area contributed by atoms with Gasteiger partial charge in [0.25, 0.3) is 16.6 Å². The summed E-state index contributed by atoms with van der Waals surface area (Å²) in [5.74, 6) is 0. The highest BCUT2D eigenvalue weighted by Gasteiger charge is 2.24. The van der Waals surface area contributed by atoms with Gasteiger partial charge in [-0.2, -0.15) is 4.57 Å². The molecule has 138 valence electrons. The van der Waals surface area contributed by atoms with Crippen molar-refractivity contribution in [2.45, 2.75) is 19.9 Å².